The Balaban J connectivity index is 2.27. The summed E-state index contributed by atoms with van der Waals surface area (Å²) >= 11 is 0. The van der Waals surface area contributed by atoms with E-state index in [1.165, 1.54) is 6.07 Å². The first-order valence-corrected chi connectivity index (χ1v) is 5.89. The van der Waals surface area contributed by atoms with E-state index < -0.39 is 5.97 Å². The van der Waals surface area contributed by atoms with Gasteiger partial charge in [0.15, 0.2) is 11.2 Å². The molecule has 0 saturated carbocycles. The summed E-state index contributed by atoms with van der Waals surface area (Å²) in [5.74, 6) is -0.487. The summed E-state index contributed by atoms with van der Waals surface area (Å²) in [5, 5.41) is 12.1. The summed E-state index contributed by atoms with van der Waals surface area (Å²) in [4.78, 5) is 15.9. The summed E-state index contributed by atoms with van der Waals surface area (Å²) in [7, 11) is 0. The van der Waals surface area contributed by atoms with Crippen LogP contribution in [-0.4, -0.2) is 22.0 Å². The molecule has 19 heavy (non-hydrogen) atoms. The molecule has 96 valence electrons. The summed E-state index contributed by atoms with van der Waals surface area (Å²) in [5.41, 5.74) is 1.45. The fourth-order valence-electron chi connectivity index (χ4n) is 2.00. The highest BCUT2D eigenvalue weighted by Gasteiger charge is 2.19. The van der Waals surface area contributed by atoms with Crippen molar-refractivity contribution in [2.24, 2.45) is 0 Å². The highest BCUT2D eigenvalue weighted by atomic mass is 16.5. The zero-order valence-electron chi connectivity index (χ0n) is 10.2. The van der Waals surface area contributed by atoms with Gasteiger partial charge in [0.2, 0.25) is 0 Å². The first kappa shape index (κ1) is 11.5. The molecule has 0 aliphatic heterocycles. The van der Waals surface area contributed by atoms with Crippen LogP contribution in [0.3, 0.4) is 0 Å². The Hall–Kier alpha value is -2.63. The molecule has 0 radical (unpaired) electrons. The minimum atomic E-state index is -0.646. The third-order valence-electron chi connectivity index (χ3n) is 2.84. The minimum Gasteiger partial charge on any atom is -0.739 e. The number of hydrogen-bond donors (Lipinski definition) is 0. The van der Waals surface area contributed by atoms with E-state index in [0.29, 0.717) is 10.2 Å². The van der Waals surface area contributed by atoms with Crippen LogP contribution >= 0.6 is 0 Å². The summed E-state index contributed by atoms with van der Waals surface area (Å²) in [6.07, 6.45) is 1.64. The van der Waals surface area contributed by atoms with Crippen LogP contribution in [0.4, 0.5) is 0 Å². The van der Waals surface area contributed by atoms with Crippen molar-refractivity contribution in [3.05, 3.63) is 47.4 Å². The second-order valence-corrected chi connectivity index (χ2v) is 3.99. The van der Waals surface area contributed by atoms with Crippen molar-refractivity contribution in [3.63, 3.8) is 0 Å². The number of ether oxygens (including phenoxy) is 1. The van der Waals surface area contributed by atoms with Crippen LogP contribution in [0.5, 0.6) is 0 Å². The molecule has 0 fully saturated rings. The molecular formula is C13H11N3O3. The number of hydrogen-bond acceptors (Lipinski definition) is 4. The zero-order valence-corrected chi connectivity index (χ0v) is 10.2. The lowest BCUT2D eigenvalue weighted by atomic mass is 10.3. The third-order valence-corrected chi connectivity index (χ3v) is 2.84. The molecule has 6 heteroatoms. The molecule has 6 nitrogen and oxygen atoms in total. The monoisotopic (exact) mass is 257 g/mol. The smallest absolute Gasteiger partial charge is 0.405 e. The first-order valence-electron chi connectivity index (χ1n) is 5.89. The van der Waals surface area contributed by atoms with Gasteiger partial charge in [-0.3, -0.25) is 0 Å². The number of imidazole rings is 1. The Morgan fingerprint density at radius 2 is 2.21 bits per heavy atom. The molecule has 0 amide bonds. The van der Waals surface area contributed by atoms with E-state index in [2.05, 4.69) is 4.98 Å². The van der Waals surface area contributed by atoms with Gasteiger partial charge in [-0.15, -0.1) is 0 Å². The van der Waals surface area contributed by atoms with Gasteiger partial charge in [0, 0.05) is 6.07 Å². The number of carbonyl (C=O) groups is 1. The van der Waals surface area contributed by atoms with Crippen LogP contribution in [0.15, 0.2) is 36.5 Å². The predicted octanol–water partition coefficient (Wildman–Crippen LogP) is 1.30. The maximum absolute atomic E-state index is 12.1. The standard InChI is InChI=1S/C13H11N3O3/c1-2-19-12(17)11-7-8-15-10-6-4-3-5-9(10)14-13(15)16(11)18/h3-8H,2H2,1H3. The Labute approximate surface area is 108 Å². The molecule has 2 heterocycles. The Morgan fingerprint density at radius 1 is 1.42 bits per heavy atom. The second kappa shape index (κ2) is 4.24. The van der Waals surface area contributed by atoms with Gasteiger partial charge in [-0.05, 0) is 19.1 Å². The van der Waals surface area contributed by atoms with Crippen molar-refractivity contribution in [1.82, 2.24) is 9.38 Å². The number of fused-ring (bicyclic) bond motifs is 3. The molecular weight excluding hydrogens is 246 g/mol. The molecule has 0 bridgehead atoms. The molecule has 0 spiro atoms. The Morgan fingerprint density at radius 3 is 3.00 bits per heavy atom. The Bertz CT molecular complexity index is 779. The molecule has 1 aromatic carbocycles. The quantitative estimate of drug-likeness (QED) is 0.394. The van der Waals surface area contributed by atoms with Gasteiger partial charge in [0.1, 0.15) is 5.52 Å². The van der Waals surface area contributed by atoms with Crippen LogP contribution in [0, 0.1) is 5.21 Å². The lowest BCUT2D eigenvalue weighted by Gasteiger charge is -2.09. The predicted molar refractivity (Wildman–Crippen MR) is 67.6 cm³/mol. The number of aromatic nitrogens is 3. The van der Waals surface area contributed by atoms with Crippen LogP contribution in [0.25, 0.3) is 16.8 Å². The molecule has 3 aromatic rings. The molecule has 0 N–H and O–H groups in total. The van der Waals surface area contributed by atoms with Gasteiger partial charge in [0.05, 0.1) is 12.8 Å². The van der Waals surface area contributed by atoms with Gasteiger partial charge in [-0.1, -0.05) is 17.1 Å². The largest absolute Gasteiger partial charge is 0.739 e. The van der Waals surface area contributed by atoms with Gasteiger partial charge in [-0.2, -0.15) is 4.40 Å². The maximum atomic E-state index is 12.1. The van der Waals surface area contributed by atoms with Crippen molar-refractivity contribution in [3.8, 4) is 0 Å². The van der Waals surface area contributed by atoms with E-state index in [9.17, 15) is 10.0 Å². The van der Waals surface area contributed by atoms with E-state index in [0.717, 1.165) is 5.52 Å². The normalized spacial score (nSPS) is 11.0. The lowest BCUT2D eigenvalue weighted by molar-refractivity contribution is -0.586. The SMILES string of the molecule is CCOC(=O)c1ccn2c3ccccc3nc2[n+]1[O-]. The minimum absolute atomic E-state index is 0.0651. The van der Waals surface area contributed by atoms with E-state index in [-0.39, 0.29) is 18.1 Å². The zero-order chi connectivity index (χ0) is 13.4. The molecule has 0 aliphatic carbocycles. The third kappa shape index (κ3) is 1.69. The van der Waals surface area contributed by atoms with Crippen LogP contribution in [-0.2, 0) is 4.74 Å². The van der Waals surface area contributed by atoms with Crippen molar-refractivity contribution < 1.29 is 14.3 Å². The highest BCUT2D eigenvalue weighted by Crippen LogP contribution is 2.14. The lowest BCUT2D eigenvalue weighted by Crippen LogP contribution is -2.37. The van der Waals surface area contributed by atoms with Crippen molar-refractivity contribution in [2.45, 2.75) is 6.92 Å². The molecule has 0 saturated heterocycles. The first-order chi connectivity index (χ1) is 9.22. The fraction of sp³-hybridized carbons (Fsp3) is 0.154. The maximum Gasteiger partial charge on any atom is 0.405 e. The number of nitrogens with zero attached hydrogens (tertiary/aromatic N) is 3. The van der Waals surface area contributed by atoms with Crippen molar-refractivity contribution >= 4 is 22.8 Å². The van der Waals surface area contributed by atoms with Gasteiger partial charge < -0.3 is 9.94 Å². The van der Waals surface area contributed by atoms with E-state index in [1.807, 2.05) is 24.3 Å². The van der Waals surface area contributed by atoms with Crippen LogP contribution < -0.4 is 4.73 Å². The molecule has 0 unspecified atom stereocenters. The van der Waals surface area contributed by atoms with Crippen LogP contribution in [0.1, 0.15) is 17.4 Å². The van der Waals surface area contributed by atoms with Gasteiger partial charge in [-0.25, -0.2) is 9.52 Å². The number of carbonyl (C=O) groups excluding carboxylic acids is 1. The van der Waals surface area contributed by atoms with Crippen LogP contribution in [0.2, 0.25) is 0 Å². The van der Waals surface area contributed by atoms with Crippen molar-refractivity contribution in [1.29, 1.82) is 0 Å². The van der Waals surface area contributed by atoms with E-state index in [4.69, 9.17) is 4.74 Å². The van der Waals surface area contributed by atoms with E-state index >= 15 is 0 Å². The molecule has 2 aromatic heterocycles. The molecule has 3 rings (SSSR count). The summed E-state index contributed by atoms with van der Waals surface area (Å²) < 4.78 is 6.98. The average molecular weight is 257 g/mol. The number of benzene rings is 1. The van der Waals surface area contributed by atoms with Crippen molar-refractivity contribution in [2.75, 3.05) is 6.61 Å². The molecule has 0 atom stereocenters. The second-order valence-electron chi connectivity index (χ2n) is 3.99. The summed E-state index contributed by atoms with van der Waals surface area (Å²) in [6, 6.07) is 8.82. The van der Waals surface area contributed by atoms with Gasteiger partial charge in [0.25, 0.3) is 0 Å². The Kier molecular flexibility index (Phi) is 2.56. The highest BCUT2D eigenvalue weighted by molar-refractivity contribution is 5.86. The fourth-order valence-corrected chi connectivity index (χ4v) is 2.00. The number of para-hydroxylation sites is 2. The summed E-state index contributed by atoms with van der Waals surface area (Å²) in [6.45, 7) is 1.91. The van der Waals surface area contributed by atoms with E-state index in [1.54, 1.807) is 17.5 Å². The molecule has 0 aliphatic rings. The number of esters is 1. The van der Waals surface area contributed by atoms with Gasteiger partial charge >= 0.3 is 11.7 Å². The number of rotatable bonds is 2. The average Bonchev–Trinajstić information content (AvgIpc) is 2.79. The topological polar surface area (TPSA) is 70.5 Å².